The van der Waals surface area contributed by atoms with Gasteiger partial charge in [-0.1, -0.05) is 18.5 Å². The van der Waals surface area contributed by atoms with E-state index in [0.29, 0.717) is 5.82 Å². The van der Waals surface area contributed by atoms with Gasteiger partial charge in [-0.3, -0.25) is 4.90 Å². The molecule has 0 unspecified atom stereocenters. The van der Waals surface area contributed by atoms with Gasteiger partial charge in [0.1, 0.15) is 5.82 Å². The topological polar surface area (TPSA) is 42.2 Å². The normalized spacial score (nSPS) is 15.5. The summed E-state index contributed by atoms with van der Waals surface area (Å²) in [5.41, 5.74) is 6.61. The number of nitrogens with two attached hydrogens (primary N) is 1. The second kappa shape index (κ2) is 5.69. The van der Waals surface area contributed by atoms with E-state index in [4.69, 9.17) is 17.3 Å². The van der Waals surface area contributed by atoms with E-state index in [-0.39, 0.29) is 0 Å². The van der Waals surface area contributed by atoms with Crippen LogP contribution in [0.3, 0.4) is 0 Å². The van der Waals surface area contributed by atoms with Gasteiger partial charge >= 0.3 is 0 Å². The highest BCUT2D eigenvalue weighted by Gasteiger charge is 2.24. The van der Waals surface area contributed by atoms with Gasteiger partial charge in [0.25, 0.3) is 0 Å². The molecule has 1 aromatic rings. The maximum Gasteiger partial charge on any atom is 0.123 e. The van der Waals surface area contributed by atoms with Gasteiger partial charge in [-0.25, -0.2) is 4.98 Å². The number of pyridine rings is 1. The summed E-state index contributed by atoms with van der Waals surface area (Å²) in [5.74, 6) is 1.44. The molecule has 1 saturated carbocycles. The number of hydrogen-bond donors (Lipinski definition) is 1. The second-order valence-electron chi connectivity index (χ2n) is 4.84. The van der Waals surface area contributed by atoms with Gasteiger partial charge in [0.2, 0.25) is 0 Å². The Labute approximate surface area is 108 Å². The van der Waals surface area contributed by atoms with Crippen LogP contribution in [0.4, 0.5) is 5.82 Å². The van der Waals surface area contributed by atoms with E-state index in [9.17, 15) is 0 Å². The molecule has 2 rings (SSSR count). The highest BCUT2D eigenvalue weighted by Crippen LogP contribution is 2.30. The van der Waals surface area contributed by atoms with Crippen molar-refractivity contribution in [2.75, 3.05) is 18.8 Å². The Hall–Kier alpha value is -0.800. The third-order valence-electron chi connectivity index (χ3n) is 3.07. The predicted molar refractivity (Wildman–Crippen MR) is 72.0 cm³/mol. The zero-order chi connectivity index (χ0) is 12.3. The maximum absolute atomic E-state index is 6.15. The molecule has 4 heteroatoms. The fraction of sp³-hybridized carbons (Fsp3) is 0.615. The molecule has 0 aromatic carbocycles. The van der Waals surface area contributed by atoms with Crippen molar-refractivity contribution in [3.05, 3.63) is 22.8 Å². The van der Waals surface area contributed by atoms with E-state index in [1.165, 1.54) is 19.4 Å². The molecule has 0 amide bonds. The fourth-order valence-electron chi connectivity index (χ4n) is 2.04. The largest absolute Gasteiger partial charge is 0.384 e. The Kier molecular flexibility index (Phi) is 4.24. The first kappa shape index (κ1) is 12.7. The SMILES string of the molecule is CCCN(Cc1nc(N)ccc1Cl)CC1CC1. The first-order chi connectivity index (χ1) is 8.19. The second-order valence-corrected chi connectivity index (χ2v) is 5.25. The van der Waals surface area contributed by atoms with Crippen LogP contribution in [0.15, 0.2) is 12.1 Å². The average Bonchev–Trinajstić information content (AvgIpc) is 3.08. The molecule has 1 fully saturated rings. The highest BCUT2D eigenvalue weighted by molar-refractivity contribution is 6.31. The van der Waals surface area contributed by atoms with Crippen molar-refractivity contribution < 1.29 is 0 Å². The summed E-state index contributed by atoms with van der Waals surface area (Å²) in [6, 6.07) is 3.58. The summed E-state index contributed by atoms with van der Waals surface area (Å²) >= 11 is 6.15. The minimum Gasteiger partial charge on any atom is -0.384 e. The molecular formula is C13H20ClN3. The van der Waals surface area contributed by atoms with Crippen LogP contribution in [0, 0.1) is 5.92 Å². The summed E-state index contributed by atoms with van der Waals surface area (Å²) in [5, 5.41) is 0.719. The minimum atomic E-state index is 0.548. The minimum absolute atomic E-state index is 0.548. The molecule has 17 heavy (non-hydrogen) atoms. The number of halogens is 1. The van der Waals surface area contributed by atoms with Crippen molar-refractivity contribution in [1.82, 2.24) is 9.88 Å². The van der Waals surface area contributed by atoms with Gasteiger partial charge in [-0.15, -0.1) is 0 Å². The van der Waals surface area contributed by atoms with Crippen molar-refractivity contribution in [2.45, 2.75) is 32.7 Å². The van der Waals surface area contributed by atoms with E-state index in [1.54, 1.807) is 6.07 Å². The summed E-state index contributed by atoms with van der Waals surface area (Å²) in [4.78, 5) is 6.76. The summed E-state index contributed by atoms with van der Waals surface area (Å²) in [6.45, 7) is 5.28. The molecule has 0 aliphatic heterocycles. The van der Waals surface area contributed by atoms with Gasteiger partial charge < -0.3 is 5.73 Å². The quantitative estimate of drug-likeness (QED) is 0.848. The van der Waals surface area contributed by atoms with Crippen LogP contribution in [-0.4, -0.2) is 23.0 Å². The lowest BCUT2D eigenvalue weighted by molar-refractivity contribution is 0.252. The Balaban J connectivity index is 2.01. The van der Waals surface area contributed by atoms with Crippen molar-refractivity contribution >= 4 is 17.4 Å². The molecule has 0 radical (unpaired) electrons. The summed E-state index contributed by atoms with van der Waals surface area (Å²) in [6.07, 6.45) is 3.91. The smallest absolute Gasteiger partial charge is 0.123 e. The highest BCUT2D eigenvalue weighted by atomic mass is 35.5. The van der Waals surface area contributed by atoms with Crippen LogP contribution >= 0.6 is 11.6 Å². The lowest BCUT2D eigenvalue weighted by atomic mass is 10.2. The molecule has 1 aliphatic carbocycles. The molecule has 3 nitrogen and oxygen atoms in total. The Morgan fingerprint density at radius 1 is 1.47 bits per heavy atom. The van der Waals surface area contributed by atoms with E-state index in [1.807, 2.05) is 6.07 Å². The van der Waals surface area contributed by atoms with Gasteiger partial charge in [0.05, 0.1) is 10.7 Å². The van der Waals surface area contributed by atoms with E-state index in [0.717, 1.165) is 36.1 Å². The fourth-order valence-corrected chi connectivity index (χ4v) is 2.21. The number of hydrogen-bond acceptors (Lipinski definition) is 3. The van der Waals surface area contributed by atoms with Crippen molar-refractivity contribution in [1.29, 1.82) is 0 Å². The van der Waals surface area contributed by atoms with Gasteiger partial charge in [0.15, 0.2) is 0 Å². The average molecular weight is 254 g/mol. The van der Waals surface area contributed by atoms with Crippen LogP contribution in [0.25, 0.3) is 0 Å². The molecule has 0 spiro atoms. The number of anilines is 1. The third-order valence-corrected chi connectivity index (χ3v) is 3.41. The van der Waals surface area contributed by atoms with Crippen molar-refractivity contribution in [2.24, 2.45) is 5.92 Å². The Bertz CT molecular complexity index is 377. The standard InChI is InChI=1S/C13H20ClN3/c1-2-7-17(8-10-3-4-10)9-12-11(14)5-6-13(15)16-12/h5-6,10H,2-4,7-9H2,1H3,(H2,15,16). The Morgan fingerprint density at radius 3 is 2.88 bits per heavy atom. The molecule has 1 aromatic heterocycles. The van der Waals surface area contributed by atoms with Gasteiger partial charge in [-0.2, -0.15) is 0 Å². The lowest BCUT2D eigenvalue weighted by Gasteiger charge is -2.21. The molecule has 94 valence electrons. The molecule has 0 atom stereocenters. The van der Waals surface area contributed by atoms with E-state index in [2.05, 4.69) is 16.8 Å². The monoisotopic (exact) mass is 253 g/mol. The third kappa shape index (κ3) is 3.86. The lowest BCUT2D eigenvalue weighted by Crippen LogP contribution is -2.27. The first-order valence-corrected chi connectivity index (χ1v) is 6.70. The van der Waals surface area contributed by atoms with Crippen LogP contribution < -0.4 is 5.73 Å². The van der Waals surface area contributed by atoms with Crippen LogP contribution in [0.5, 0.6) is 0 Å². The maximum atomic E-state index is 6.15. The predicted octanol–water partition coefficient (Wildman–Crippen LogP) is 2.94. The molecule has 0 saturated heterocycles. The van der Waals surface area contributed by atoms with Crippen LogP contribution in [0.1, 0.15) is 31.9 Å². The number of aromatic nitrogens is 1. The first-order valence-electron chi connectivity index (χ1n) is 6.32. The number of rotatable bonds is 6. The number of nitrogen functional groups attached to an aromatic ring is 1. The van der Waals surface area contributed by atoms with Crippen molar-refractivity contribution in [3.63, 3.8) is 0 Å². The zero-order valence-corrected chi connectivity index (χ0v) is 11.1. The molecule has 1 heterocycles. The summed E-state index contributed by atoms with van der Waals surface area (Å²) in [7, 11) is 0. The number of nitrogens with zero attached hydrogens (tertiary/aromatic N) is 2. The van der Waals surface area contributed by atoms with E-state index < -0.39 is 0 Å². The van der Waals surface area contributed by atoms with Gasteiger partial charge in [0, 0.05) is 13.1 Å². The zero-order valence-electron chi connectivity index (χ0n) is 10.3. The van der Waals surface area contributed by atoms with Crippen molar-refractivity contribution in [3.8, 4) is 0 Å². The van der Waals surface area contributed by atoms with E-state index >= 15 is 0 Å². The van der Waals surface area contributed by atoms with Crippen LogP contribution in [0.2, 0.25) is 5.02 Å². The van der Waals surface area contributed by atoms with Crippen LogP contribution in [-0.2, 0) is 6.54 Å². The molecule has 1 aliphatic rings. The summed E-state index contributed by atoms with van der Waals surface area (Å²) < 4.78 is 0. The Morgan fingerprint density at radius 2 is 2.24 bits per heavy atom. The molecule has 2 N–H and O–H groups in total. The molecular weight excluding hydrogens is 234 g/mol. The molecule has 0 bridgehead atoms. The van der Waals surface area contributed by atoms with Gasteiger partial charge in [-0.05, 0) is 43.9 Å².